The van der Waals surface area contributed by atoms with Crippen LogP contribution in [0.5, 0.6) is 0 Å². The lowest BCUT2D eigenvalue weighted by atomic mass is 10.2. The maximum absolute atomic E-state index is 11.6. The number of hydrogen-bond donors (Lipinski definition) is 1. The molecule has 0 saturated heterocycles. The van der Waals surface area contributed by atoms with E-state index in [2.05, 4.69) is 20.0 Å². The number of esters is 1. The number of carbonyl (C=O) groups excluding carboxylic acids is 1. The molecule has 0 saturated carbocycles. The zero-order valence-electron chi connectivity index (χ0n) is 9.85. The Morgan fingerprint density at radius 2 is 1.95 bits per heavy atom. The molecule has 0 unspecified atom stereocenters. The van der Waals surface area contributed by atoms with Gasteiger partial charge in [0.25, 0.3) is 0 Å². The molecule has 1 N–H and O–H groups in total. The summed E-state index contributed by atoms with van der Waals surface area (Å²) in [5.74, 6) is -0.212. The van der Waals surface area contributed by atoms with Crippen LogP contribution >= 0.6 is 23.2 Å². The molecule has 2 aromatic rings. The molecular weight excluding hydrogens is 289 g/mol. The van der Waals surface area contributed by atoms with E-state index < -0.39 is 5.97 Å². The molecule has 2 rings (SSSR count). The van der Waals surface area contributed by atoms with Gasteiger partial charge in [0, 0.05) is 21.9 Å². The van der Waals surface area contributed by atoms with Gasteiger partial charge in [-0.2, -0.15) is 0 Å². The zero-order chi connectivity index (χ0) is 13.8. The Morgan fingerprint density at radius 1 is 1.26 bits per heavy atom. The number of nitrogens with zero attached hydrogens (tertiary/aromatic N) is 2. The van der Waals surface area contributed by atoms with Gasteiger partial charge in [0.1, 0.15) is 17.7 Å². The molecule has 0 radical (unpaired) electrons. The number of aromatic nitrogens is 2. The number of ether oxygens (including phenoxy) is 1. The highest BCUT2D eigenvalue weighted by molar-refractivity contribution is 6.35. The second kappa shape index (κ2) is 5.86. The molecule has 0 aliphatic rings. The van der Waals surface area contributed by atoms with Gasteiger partial charge in [-0.05, 0) is 18.2 Å². The highest BCUT2D eigenvalue weighted by Gasteiger charge is 2.13. The first kappa shape index (κ1) is 13.6. The minimum Gasteiger partial charge on any atom is -0.465 e. The summed E-state index contributed by atoms with van der Waals surface area (Å²) in [6, 6.07) is 4.93. The average Bonchev–Trinajstić information content (AvgIpc) is 2.37. The maximum Gasteiger partial charge on any atom is 0.343 e. The fourth-order valence-electron chi connectivity index (χ4n) is 1.45. The van der Waals surface area contributed by atoms with Crippen LogP contribution in [0.3, 0.4) is 0 Å². The van der Waals surface area contributed by atoms with Crippen molar-refractivity contribution in [2.24, 2.45) is 0 Å². The monoisotopic (exact) mass is 297 g/mol. The Labute approximate surface area is 119 Å². The Bertz CT molecular complexity index is 599. The predicted octanol–water partition coefficient (Wildman–Crippen LogP) is 3.31. The van der Waals surface area contributed by atoms with Gasteiger partial charge in [-0.1, -0.05) is 23.2 Å². The summed E-state index contributed by atoms with van der Waals surface area (Å²) in [7, 11) is 1.29. The number of nitrogens with one attached hydrogen (secondary N) is 1. The summed E-state index contributed by atoms with van der Waals surface area (Å²) in [5.41, 5.74) is 0.836. The Morgan fingerprint density at radius 3 is 2.58 bits per heavy atom. The highest BCUT2D eigenvalue weighted by Crippen LogP contribution is 2.25. The lowest BCUT2D eigenvalue weighted by molar-refractivity contribution is 0.0601. The van der Waals surface area contributed by atoms with E-state index >= 15 is 0 Å². The van der Waals surface area contributed by atoms with Crippen LogP contribution in [-0.4, -0.2) is 23.0 Å². The third-order valence-corrected chi connectivity index (χ3v) is 2.68. The molecule has 7 heteroatoms. The number of hydrogen-bond acceptors (Lipinski definition) is 5. The normalized spacial score (nSPS) is 10.1. The molecule has 5 nitrogen and oxygen atoms in total. The van der Waals surface area contributed by atoms with Gasteiger partial charge in [0.2, 0.25) is 0 Å². The van der Waals surface area contributed by atoms with E-state index in [0.717, 1.165) is 0 Å². The molecule has 0 aliphatic carbocycles. The summed E-state index contributed by atoms with van der Waals surface area (Å²) >= 11 is 11.8. The topological polar surface area (TPSA) is 64.1 Å². The number of benzene rings is 1. The van der Waals surface area contributed by atoms with E-state index in [1.807, 2.05) is 0 Å². The average molecular weight is 298 g/mol. The molecule has 0 atom stereocenters. The minimum atomic E-state index is -0.531. The van der Waals surface area contributed by atoms with Gasteiger partial charge >= 0.3 is 5.97 Å². The maximum atomic E-state index is 11.6. The number of halogens is 2. The first-order chi connectivity index (χ1) is 9.10. The van der Waals surface area contributed by atoms with Crippen molar-refractivity contribution in [1.82, 2.24) is 9.97 Å². The third kappa shape index (κ3) is 3.33. The molecule has 0 amide bonds. The van der Waals surface area contributed by atoms with Gasteiger partial charge < -0.3 is 10.1 Å². The van der Waals surface area contributed by atoms with E-state index in [1.165, 1.54) is 19.6 Å². The van der Waals surface area contributed by atoms with Crippen LogP contribution in [0.15, 0.2) is 30.7 Å². The van der Waals surface area contributed by atoms with Crippen LogP contribution in [0.25, 0.3) is 0 Å². The fraction of sp³-hybridized carbons (Fsp3) is 0.0833. The Hall–Kier alpha value is -1.85. The van der Waals surface area contributed by atoms with Crippen molar-refractivity contribution in [3.8, 4) is 0 Å². The predicted molar refractivity (Wildman–Crippen MR) is 73.1 cm³/mol. The van der Waals surface area contributed by atoms with E-state index in [4.69, 9.17) is 23.2 Å². The van der Waals surface area contributed by atoms with Crippen molar-refractivity contribution in [1.29, 1.82) is 0 Å². The van der Waals surface area contributed by atoms with Crippen LogP contribution in [0.4, 0.5) is 11.5 Å². The van der Waals surface area contributed by atoms with Crippen molar-refractivity contribution in [3.63, 3.8) is 0 Å². The van der Waals surface area contributed by atoms with Crippen LogP contribution < -0.4 is 5.32 Å². The smallest absolute Gasteiger partial charge is 0.343 e. The third-order valence-electron chi connectivity index (χ3n) is 2.24. The van der Waals surface area contributed by atoms with Crippen molar-refractivity contribution in [2.45, 2.75) is 0 Å². The first-order valence-corrected chi connectivity index (χ1v) is 5.97. The largest absolute Gasteiger partial charge is 0.465 e. The second-order valence-corrected chi connectivity index (χ2v) is 4.43. The van der Waals surface area contributed by atoms with E-state index in [1.54, 1.807) is 18.2 Å². The molecule has 1 aromatic carbocycles. The molecule has 0 fully saturated rings. The molecular formula is C12H9Cl2N3O2. The van der Waals surface area contributed by atoms with Gasteiger partial charge in [0.05, 0.1) is 7.11 Å². The summed E-state index contributed by atoms with van der Waals surface area (Å²) in [6.07, 6.45) is 2.69. The number of anilines is 2. The zero-order valence-corrected chi connectivity index (χ0v) is 11.4. The molecule has 0 bridgehead atoms. The SMILES string of the molecule is COC(=O)c1cncnc1Nc1cc(Cl)cc(Cl)c1. The summed E-state index contributed by atoms with van der Waals surface area (Å²) < 4.78 is 4.65. The molecule has 98 valence electrons. The van der Waals surface area contributed by atoms with Gasteiger partial charge in [-0.3, -0.25) is 0 Å². The molecule has 0 aliphatic heterocycles. The van der Waals surface area contributed by atoms with Crippen molar-refractivity contribution in [2.75, 3.05) is 12.4 Å². The minimum absolute atomic E-state index is 0.223. The lowest BCUT2D eigenvalue weighted by Crippen LogP contribution is -2.07. The standard InChI is InChI=1S/C12H9Cl2N3O2/c1-19-12(18)10-5-15-6-16-11(10)17-9-3-7(13)2-8(14)4-9/h2-6H,1H3,(H,15,16,17). The van der Waals surface area contributed by atoms with E-state index in [9.17, 15) is 4.79 Å². The lowest BCUT2D eigenvalue weighted by Gasteiger charge is -2.09. The quantitative estimate of drug-likeness (QED) is 0.881. The summed E-state index contributed by atoms with van der Waals surface area (Å²) in [5, 5.41) is 3.90. The Balaban J connectivity index is 2.35. The Kier molecular flexibility index (Phi) is 4.19. The van der Waals surface area contributed by atoms with Gasteiger partial charge in [0.15, 0.2) is 0 Å². The molecule has 1 aromatic heterocycles. The van der Waals surface area contributed by atoms with Gasteiger partial charge in [-0.15, -0.1) is 0 Å². The van der Waals surface area contributed by atoms with Crippen LogP contribution in [0.2, 0.25) is 10.0 Å². The van der Waals surface area contributed by atoms with Gasteiger partial charge in [-0.25, -0.2) is 14.8 Å². The van der Waals surface area contributed by atoms with Crippen molar-refractivity contribution >= 4 is 40.7 Å². The highest BCUT2D eigenvalue weighted by atomic mass is 35.5. The second-order valence-electron chi connectivity index (χ2n) is 3.56. The molecule has 19 heavy (non-hydrogen) atoms. The number of methoxy groups -OCH3 is 1. The first-order valence-electron chi connectivity index (χ1n) is 5.21. The summed E-state index contributed by atoms with van der Waals surface area (Å²) in [6.45, 7) is 0. The van der Waals surface area contributed by atoms with Crippen LogP contribution in [0.1, 0.15) is 10.4 Å². The van der Waals surface area contributed by atoms with Crippen molar-refractivity contribution < 1.29 is 9.53 Å². The molecule has 1 heterocycles. The van der Waals surface area contributed by atoms with Crippen LogP contribution in [0, 0.1) is 0 Å². The van der Waals surface area contributed by atoms with E-state index in [0.29, 0.717) is 21.6 Å². The fourth-order valence-corrected chi connectivity index (χ4v) is 1.98. The van der Waals surface area contributed by atoms with Crippen molar-refractivity contribution in [3.05, 3.63) is 46.3 Å². The molecule has 0 spiro atoms. The summed E-state index contributed by atoms with van der Waals surface area (Å²) in [4.78, 5) is 19.3. The van der Waals surface area contributed by atoms with Crippen LogP contribution in [-0.2, 0) is 4.74 Å². The number of rotatable bonds is 3. The van der Waals surface area contributed by atoms with E-state index in [-0.39, 0.29) is 5.56 Å². The number of carbonyl (C=O) groups is 1.